The maximum absolute atomic E-state index is 4.66. The first-order valence-corrected chi connectivity index (χ1v) is 8.08. The monoisotopic (exact) mass is 283 g/mol. The van der Waals surface area contributed by atoms with Crippen LogP contribution in [0.15, 0.2) is 30.5 Å². The van der Waals surface area contributed by atoms with Crippen molar-refractivity contribution >= 4 is 5.95 Å². The molecule has 1 aromatic carbocycles. The van der Waals surface area contributed by atoms with Crippen LogP contribution in [0.2, 0.25) is 0 Å². The van der Waals surface area contributed by atoms with E-state index in [1.54, 1.807) is 0 Å². The Hall–Kier alpha value is -1.77. The number of aryl methyl sites for hydroxylation is 2. The molecule has 0 aliphatic heterocycles. The smallest absolute Gasteiger partial charge is 0.203 e. The van der Waals surface area contributed by atoms with Gasteiger partial charge in [0, 0.05) is 18.8 Å². The number of imidazole rings is 1. The van der Waals surface area contributed by atoms with Crippen LogP contribution < -0.4 is 5.32 Å². The van der Waals surface area contributed by atoms with Gasteiger partial charge < -0.3 is 9.88 Å². The van der Waals surface area contributed by atoms with Crippen molar-refractivity contribution in [1.29, 1.82) is 0 Å². The van der Waals surface area contributed by atoms with Crippen molar-refractivity contribution in [2.24, 2.45) is 0 Å². The third-order valence-electron chi connectivity index (χ3n) is 4.51. The van der Waals surface area contributed by atoms with Gasteiger partial charge in [0.1, 0.15) is 0 Å². The van der Waals surface area contributed by atoms with Crippen LogP contribution in [0, 0.1) is 13.8 Å². The van der Waals surface area contributed by atoms with Gasteiger partial charge in [-0.05, 0) is 44.2 Å². The van der Waals surface area contributed by atoms with E-state index in [0.717, 1.165) is 24.6 Å². The summed E-state index contributed by atoms with van der Waals surface area (Å²) in [5, 5.41) is 3.54. The molecule has 0 spiro atoms. The van der Waals surface area contributed by atoms with Gasteiger partial charge in [0.2, 0.25) is 5.95 Å². The molecule has 0 unspecified atom stereocenters. The summed E-state index contributed by atoms with van der Waals surface area (Å²) in [5.41, 5.74) is 3.90. The Balaban J connectivity index is 1.64. The average molecular weight is 283 g/mol. The molecule has 0 bridgehead atoms. The Bertz CT molecular complexity index is 594. The molecule has 1 aromatic heterocycles. The van der Waals surface area contributed by atoms with Crippen LogP contribution in [0.4, 0.5) is 5.95 Å². The lowest BCUT2D eigenvalue weighted by molar-refractivity contribution is 0.522. The molecule has 2 aromatic rings. The molecule has 3 nitrogen and oxygen atoms in total. The van der Waals surface area contributed by atoms with E-state index in [1.807, 2.05) is 0 Å². The zero-order chi connectivity index (χ0) is 14.7. The first-order valence-electron chi connectivity index (χ1n) is 8.08. The van der Waals surface area contributed by atoms with Crippen LogP contribution in [-0.4, -0.2) is 16.1 Å². The van der Waals surface area contributed by atoms with E-state index in [9.17, 15) is 0 Å². The normalized spacial score (nSPS) is 15.5. The SMILES string of the molecule is Cc1cn(C2CCCC2)c(NCCc2ccccc2C)n1. The van der Waals surface area contributed by atoms with Gasteiger partial charge in [-0.3, -0.25) is 0 Å². The summed E-state index contributed by atoms with van der Waals surface area (Å²) in [4.78, 5) is 4.66. The minimum atomic E-state index is 0.646. The second kappa shape index (κ2) is 6.33. The fourth-order valence-electron chi connectivity index (χ4n) is 3.31. The van der Waals surface area contributed by atoms with E-state index in [4.69, 9.17) is 0 Å². The number of nitrogens with one attached hydrogen (secondary N) is 1. The summed E-state index contributed by atoms with van der Waals surface area (Å²) in [5.74, 6) is 1.05. The van der Waals surface area contributed by atoms with Crippen molar-refractivity contribution in [3.8, 4) is 0 Å². The summed E-state index contributed by atoms with van der Waals surface area (Å²) >= 11 is 0. The van der Waals surface area contributed by atoms with Gasteiger partial charge in [-0.1, -0.05) is 37.1 Å². The van der Waals surface area contributed by atoms with Crippen molar-refractivity contribution in [2.45, 2.75) is 52.0 Å². The standard InChI is InChI=1S/C18H25N3/c1-14-7-3-4-8-16(14)11-12-19-18-20-15(2)13-21(18)17-9-5-6-10-17/h3-4,7-8,13,17H,5-6,9-12H2,1-2H3,(H,19,20). The van der Waals surface area contributed by atoms with E-state index in [1.165, 1.54) is 36.8 Å². The van der Waals surface area contributed by atoms with Crippen molar-refractivity contribution < 1.29 is 0 Å². The molecule has 21 heavy (non-hydrogen) atoms. The first kappa shape index (κ1) is 14.2. The maximum Gasteiger partial charge on any atom is 0.203 e. The zero-order valence-corrected chi connectivity index (χ0v) is 13.1. The topological polar surface area (TPSA) is 29.9 Å². The minimum absolute atomic E-state index is 0.646. The number of aromatic nitrogens is 2. The predicted molar refractivity (Wildman–Crippen MR) is 87.8 cm³/mol. The van der Waals surface area contributed by atoms with Crippen LogP contribution in [0.25, 0.3) is 0 Å². The Morgan fingerprint density at radius 1 is 1.19 bits per heavy atom. The molecule has 112 valence electrons. The molecule has 1 saturated carbocycles. The predicted octanol–water partition coefficient (Wildman–Crippen LogP) is 4.27. The highest BCUT2D eigenvalue weighted by molar-refractivity contribution is 5.32. The molecule has 1 heterocycles. The number of hydrogen-bond donors (Lipinski definition) is 1. The molecule has 0 amide bonds. The summed E-state index contributed by atoms with van der Waals surface area (Å²) < 4.78 is 2.36. The molecule has 1 aliphatic carbocycles. The van der Waals surface area contributed by atoms with Gasteiger partial charge in [-0.25, -0.2) is 4.98 Å². The highest BCUT2D eigenvalue weighted by atomic mass is 15.2. The molecule has 1 fully saturated rings. The largest absolute Gasteiger partial charge is 0.355 e. The number of nitrogens with zero attached hydrogens (tertiary/aromatic N) is 2. The lowest BCUT2D eigenvalue weighted by Crippen LogP contribution is -2.13. The summed E-state index contributed by atoms with van der Waals surface area (Å²) in [7, 11) is 0. The molecular formula is C18H25N3. The zero-order valence-electron chi connectivity index (χ0n) is 13.1. The van der Waals surface area contributed by atoms with E-state index < -0.39 is 0 Å². The molecule has 0 saturated heterocycles. The van der Waals surface area contributed by atoms with Crippen LogP contribution in [0.1, 0.15) is 48.5 Å². The maximum atomic E-state index is 4.66. The third-order valence-corrected chi connectivity index (χ3v) is 4.51. The van der Waals surface area contributed by atoms with E-state index in [0.29, 0.717) is 6.04 Å². The average Bonchev–Trinajstić information content (AvgIpc) is 3.10. The molecular weight excluding hydrogens is 258 g/mol. The Morgan fingerprint density at radius 3 is 2.71 bits per heavy atom. The molecule has 0 radical (unpaired) electrons. The van der Waals surface area contributed by atoms with Crippen LogP contribution in [-0.2, 0) is 6.42 Å². The molecule has 0 atom stereocenters. The number of rotatable bonds is 5. The molecule has 3 rings (SSSR count). The van der Waals surface area contributed by atoms with Gasteiger partial charge in [0.25, 0.3) is 0 Å². The van der Waals surface area contributed by atoms with Gasteiger partial charge in [0.05, 0.1) is 5.69 Å². The van der Waals surface area contributed by atoms with Gasteiger partial charge in [0.15, 0.2) is 0 Å². The van der Waals surface area contributed by atoms with Gasteiger partial charge in [-0.15, -0.1) is 0 Å². The number of anilines is 1. The van der Waals surface area contributed by atoms with Crippen molar-refractivity contribution in [3.05, 3.63) is 47.3 Å². The fourth-order valence-corrected chi connectivity index (χ4v) is 3.31. The quantitative estimate of drug-likeness (QED) is 0.888. The van der Waals surface area contributed by atoms with Gasteiger partial charge in [-0.2, -0.15) is 0 Å². The van der Waals surface area contributed by atoms with Crippen LogP contribution in [0.3, 0.4) is 0 Å². The summed E-state index contributed by atoms with van der Waals surface area (Å²) in [6.45, 7) is 5.20. The molecule has 1 N–H and O–H groups in total. The van der Waals surface area contributed by atoms with Crippen molar-refractivity contribution in [1.82, 2.24) is 9.55 Å². The van der Waals surface area contributed by atoms with E-state index in [-0.39, 0.29) is 0 Å². The Labute approximate surface area is 127 Å². The first-order chi connectivity index (χ1) is 10.2. The van der Waals surface area contributed by atoms with Crippen LogP contribution >= 0.6 is 0 Å². The van der Waals surface area contributed by atoms with Crippen molar-refractivity contribution in [3.63, 3.8) is 0 Å². The lowest BCUT2D eigenvalue weighted by Gasteiger charge is -2.15. The minimum Gasteiger partial charge on any atom is -0.355 e. The highest BCUT2D eigenvalue weighted by Gasteiger charge is 2.19. The lowest BCUT2D eigenvalue weighted by atomic mass is 10.1. The summed E-state index contributed by atoms with van der Waals surface area (Å²) in [6.07, 6.45) is 8.54. The number of benzene rings is 1. The second-order valence-corrected chi connectivity index (χ2v) is 6.15. The second-order valence-electron chi connectivity index (χ2n) is 6.15. The van der Waals surface area contributed by atoms with E-state index in [2.05, 4.69) is 59.2 Å². The highest BCUT2D eigenvalue weighted by Crippen LogP contribution is 2.32. The van der Waals surface area contributed by atoms with Crippen molar-refractivity contribution in [2.75, 3.05) is 11.9 Å². The Kier molecular flexibility index (Phi) is 4.28. The number of hydrogen-bond acceptors (Lipinski definition) is 2. The van der Waals surface area contributed by atoms with Gasteiger partial charge >= 0.3 is 0 Å². The molecule has 1 aliphatic rings. The van der Waals surface area contributed by atoms with Crippen LogP contribution in [0.5, 0.6) is 0 Å². The Morgan fingerprint density at radius 2 is 1.95 bits per heavy atom. The third kappa shape index (κ3) is 3.29. The fraction of sp³-hybridized carbons (Fsp3) is 0.500. The van der Waals surface area contributed by atoms with E-state index >= 15 is 0 Å². The molecule has 3 heteroatoms. The summed E-state index contributed by atoms with van der Waals surface area (Å²) in [6, 6.07) is 9.26.